The number of amides is 1. The molecule has 0 saturated heterocycles. The van der Waals surface area contributed by atoms with Crippen LogP contribution in [0, 0.1) is 5.92 Å². The first-order chi connectivity index (χ1) is 11.0. The van der Waals surface area contributed by atoms with E-state index >= 15 is 0 Å². The number of aliphatic hydroxyl groups is 1. The third-order valence-electron chi connectivity index (χ3n) is 5.25. The first kappa shape index (κ1) is 16.2. The van der Waals surface area contributed by atoms with Gasteiger partial charge in [0.15, 0.2) is 0 Å². The minimum atomic E-state index is -0.610. The van der Waals surface area contributed by atoms with E-state index in [0.29, 0.717) is 27.8 Å². The summed E-state index contributed by atoms with van der Waals surface area (Å²) in [5.74, 6) is 1.20. The number of carbonyl (C=O) groups is 1. The van der Waals surface area contributed by atoms with Crippen LogP contribution in [-0.4, -0.2) is 23.7 Å². The molecule has 1 amide bonds. The highest BCUT2D eigenvalue weighted by molar-refractivity contribution is 6.35. The second-order valence-corrected chi connectivity index (χ2v) is 6.86. The zero-order valence-corrected chi connectivity index (χ0v) is 14.2. The Morgan fingerprint density at radius 3 is 2.65 bits per heavy atom. The van der Waals surface area contributed by atoms with Crippen LogP contribution in [0.4, 0.5) is 0 Å². The van der Waals surface area contributed by atoms with Crippen LogP contribution in [0.15, 0.2) is 24.0 Å². The van der Waals surface area contributed by atoms with Gasteiger partial charge in [-0.3, -0.25) is 4.79 Å². The Labute approximate surface area is 141 Å². The number of aliphatic hydroxyl groups excluding tert-OH is 1. The van der Waals surface area contributed by atoms with E-state index < -0.39 is 5.54 Å². The lowest BCUT2D eigenvalue weighted by Gasteiger charge is -2.36. The molecule has 1 aliphatic heterocycles. The van der Waals surface area contributed by atoms with E-state index in [2.05, 4.69) is 12.2 Å². The van der Waals surface area contributed by atoms with Gasteiger partial charge >= 0.3 is 0 Å². The molecule has 5 heteroatoms. The van der Waals surface area contributed by atoms with Crippen molar-refractivity contribution in [2.75, 3.05) is 7.11 Å². The van der Waals surface area contributed by atoms with Crippen molar-refractivity contribution in [3.63, 3.8) is 0 Å². The molecule has 0 aromatic heterocycles. The monoisotopic (exact) mass is 335 g/mol. The summed E-state index contributed by atoms with van der Waals surface area (Å²) in [5, 5.41) is 14.2. The molecule has 1 aliphatic carbocycles. The van der Waals surface area contributed by atoms with Gasteiger partial charge in [-0.1, -0.05) is 24.9 Å². The topological polar surface area (TPSA) is 58.6 Å². The summed E-state index contributed by atoms with van der Waals surface area (Å²) in [6, 6.07) is 5.13. The number of rotatable bonds is 3. The summed E-state index contributed by atoms with van der Waals surface area (Å²) in [7, 11) is 1.56. The van der Waals surface area contributed by atoms with Gasteiger partial charge in [-0.15, -0.1) is 0 Å². The van der Waals surface area contributed by atoms with Crippen LogP contribution in [-0.2, 0) is 4.79 Å². The molecule has 1 spiro atoms. The second-order valence-electron chi connectivity index (χ2n) is 6.46. The highest BCUT2D eigenvalue weighted by atomic mass is 35.5. The Morgan fingerprint density at radius 1 is 1.39 bits per heavy atom. The summed E-state index contributed by atoms with van der Waals surface area (Å²) >= 11 is 6.29. The number of benzene rings is 1. The van der Waals surface area contributed by atoms with Gasteiger partial charge in [0.2, 0.25) is 0 Å². The van der Waals surface area contributed by atoms with Gasteiger partial charge in [0.25, 0.3) is 5.91 Å². The van der Waals surface area contributed by atoms with Gasteiger partial charge in [-0.05, 0) is 49.8 Å². The molecule has 1 aromatic carbocycles. The molecule has 4 nitrogen and oxygen atoms in total. The van der Waals surface area contributed by atoms with E-state index in [0.717, 1.165) is 32.1 Å². The summed E-state index contributed by atoms with van der Waals surface area (Å²) in [6.45, 7) is 2.19. The molecule has 1 saturated carbocycles. The summed E-state index contributed by atoms with van der Waals surface area (Å²) in [4.78, 5) is 12.5. The van der Waals surface area contributed by atoms with Crippen molar-refractivity contribution in [2.45, 2.75) is 44.6 Å². The van der Waals surface area contributed by atoms with Gasteiger partial charge in [0.1, 0.15) is 11.5 Å². The fourth-order valence-corrected chi connectivity index (χ4v) is 3.97. The molecule has 23 heavy (non-hydrogen) atoms. The van der Waals surface area contributed by atoms with E-state index in [1.54, 1.807) is 25.3 Å². The molecule has 2 aliphatic rings. The summed E-state index contributed by atoms with van der Waals surface area (Å²) in [5.41, 5.74) is 0.242. The molecule has 1 fully saturated rings. The Bertz CT molecular complexity index is 660. The van der Waals surface area contributed by atoms with Crippen LogP contribution >= 0.6 is 11.6 Å². The maximum absolute atomic E-state index is 12.5. The third-order valence-corrected chi connectivity index (χ3v) is 5.56. The van der Waals surface area contributed by atoms with Crippen molar-refractivity contribution < 1.29 is 14.6 Å². The predicted molar refractivity (Wildman–Crippen MR) is 90.7 cm³/mol. The SMILES string of the molecule is CCC1CCC2(CC1)NC(=O)C(c1ccc(OC)cc1Cl)=C2O. The Kier molecular flexibility index (Phi) is 4.28. The molecular weight excluding hydrogens is 314 g/mol. The number of nitrogens with one attached hydrogen (secondary N) is 1. The number of hydrogen-bond acceptors (Lipinski definition) is 3. The maximum atomic E-state index is 12.5. The average Bonchev–Trinajstić information content (AvgIpc) is 2.79. The summed E-state index contributed by atoms with van der Waals surface area (Å²) in [6.07, 6.45) is 4.74. The van der Waals surface area contributed by atoms with Crippen LogP contribution in [0.25, 0.3) is 5.57 Å². The minimum absolute atomic E-state index is 0.143. The zero-order chi connectivity index (χ0) is 16.6. The lowest BCUT2D eigenvalue weighted by Crippen LogP contribution is -2.47. The molecular formula is C18H22ClNO3. The van der Waals surface area contributed by atoms with Crippen molar-refractivity contribution in [1.29, 1.82) is 0 Å². The van der Waals surface area contributed by atoms with Gasteiger partial charge in [-0.25, -0.2) is 0 Å². The average molecular weight is 336 g/mol. The third kappa shape index (κ3) is 2.69. The fraction of sp³-hybridized carbons (Fsp3) is 0.500. The molecule has 0 unspecified atom stereocenters. The van der Waals surface area contributed by atoms with Gasteiger partial charge in [0, 0.05) is 5.56 Å². The molecule has 0 atom stereocenters. The number of carbonyl (C=O) groups excluding carboxylic acids is 1. The fourth-order valence-electron chi connectivity index (χ4n) is 3.70. The van der Waals surface area contributed by atoms with Crippen molar-refractivity contribution in [3.8, 4) is 5.75 Å². The quantitative estimate of drug-likeness (QED) is 0.874. The molecule has 0 radical (unpaired) electrons. The standard InChI is InChI=1S/C18H22ClNO3/c1-3-11-6-8-18(9-7-11)16(21)15(17(22)20-18)13-5-4-12(23-2)10-14(13)19/h4-5,10-11,21H,3,6-9H2,1-2H3,(H,20,22). The normalized spacial score (nSPS) is 27.4. The highest BCUT2D eigenvalue weighted by Crippen LogP contribution is 2.44. The number of ether oxygens (including phenoxy) is 1. The highest BCUT2D eigenvalue weighted by Gasteiger charge is 2.47. The van der Waals surface area contributed by atoms with Crippen LogP contribution in [0.5, 0.6) is 5.75 Å². The summed E-state index contributed by atoms with van der Waals surface area (Å²) < 4.78 is 5.14. The predicted octanol–water partition coefficient (Wildman–Crippen LogP) is 4.09. The smallest absolute Gasteiger partial charge is 0.256 e. The number of methoxy groups -OCH3 is 1. The Morgan fingerprint density at radius 2 is 2.09 bits per heavy atom. The van der Waals surface area contributed by atoms with Crippen molar-refractivity contribution in [3.05, 3.63) is 34.5 Å². The molecule has 2 N–H and O–H groups in total. The minimum Gasteiger partial charge on any atom is -0.509 e. The Hall–Kier alpha value is -1.68. The number of halogens is 1. The molecule has 124 valence electrons. The molecule has 1 heterocycles. The Balaban J connectivity index is 1.97. The molecule has 1 aromatic rings. The van der Waals surface area contributed by atoms with Crippen LogP contribution < -0.4 is 10.1 Å². The number of hydrogen-bond donors (Lipinski definition) is 2. The first-order valence-electron chi connectivity index (χ1n) is 8.11. The van der Waals surface area contributed by atoms with Crippen molar-refractivity contribution in [2.24, 2.45) is 5.92 Å². The van der Waals surface area contributed by atoms with Crippen LogP contribution in [0.2, 0.25) is 5.02 Å². The lowest BCUT2D eigenvalue weighted by molar-refractivity contribution is -0.116. The van der Waals surface area contributed by atoms with Crippen molar-refractivity contribution in [1.82, 2.24) is 5.32 Å². The van der Waals surface area contributed by atoms with Gasteiger partial charge in [-0.2, -0.15) is 0 Å². The van der Waals surface area contributed by atoms with E-state index in [4.69, 9.17) is 16.3 Å². The van der Waals surface area contributed by atoms with E-state index in [9.17, 15) is 9.90 Å². The largest absolute Gasteiger partial charge is 0.509 e. The van der Waals surface area contributed by atoms with E-state index in [-0.39, 0.29) is 11.7 Å². The zero-order valence-electron chi connectivity index (χ0n) is 13.5. The van der Waals surface area contributed by atoms with Crippen LogP contribution in [0.1, 0.15) is 44.6 Å². The van der Waals surface area contributed by atoms with Gasteiger partial charge < -0.3 is 15.2 Å². The first-order valence-corrected chi connectivity index (χ1v) is 8.48. The lowest BCUT2D eigenvalue weighted by atomic mass is 9.75. The van der Waals surface area contributed by atoms with E-state index in [1.165, 1.54) is 0 Å². The maximum Gasteiger partial charge on any atom is 0.256 e. The van der Waals surface area contributed by atoms with Crippen molar-refractivity contribution >= 4 is 23.1 Å². The second kappa shape index (κ2) is 6.08. The molecule has 3 rings (SSSR count). The van der Waals surface area contributed by atoms with Gasteiger partial charge in [0.05, 0.1) is 23.2 Å². The van der Waals surface area contributed by atoms with Crippen LogP contribution in [0.3, 0.4) is 0 Å². The van der Waals surface area contributed by atoms with E-state index in [1.807, 2.05) is 0 Å². The molecule has 0 bridgehead atoms.